The molecular weight excluding hydrogens is 296 g/mol. The van der Waals surface area contributed by atoms with Gasteiger partial charge in [-0.3, -0.25) is 0 Å². The number of carbonyl (C=O) groups is 2. The molecule has 5 nitrogen and oxygen atoms in total. The van der Waals surface area contributed by atoms with E-state index in [9.17, 15) is 19.8 Å². The molecule has 2 aliphatic carbocycles. The number of aliphatic hydroxyl groups is 1. The predicted octanol–water partition coefficient (Wildman–Crippen LogP) is 1.35. The van der Waals surface area contributed by atoms with Crippen LogP contribution in [0.5, 0.6) is 0 Å². The van der Waals surface area contributed by atoms with Crippen LogP contribution in [0.25, 0.3) is 0 Å². The Bertz CT molecular complexity index is 595. The van der Waals surface area contributed by atoms with Gasteiger partial charge in [-0.1, -0.05) is 24.6 Å². The third kappa shape index (κ3) is 1.51. The number of esters is 1. The molecule has 6 heteroatoms. The Hall–Kier alpha value is -1.33. The van der Waals surface area contributed by atoms with E-state index in [0.717, 1.165) is 5.57 Å². The van der Waals surface area contributed by atoms with E-state index in [-0.39, 0.29) is 29.9 Å². The fourth-order valence-corrected chi connectivity index (χ4v) is 4.58. The van der Waals surface area contributed by atoms with Crippen molar-refractivity contribution in [3.63, 3.8) is 0 Å². The van der Waals surface area contributed by atoms with Crippen LogP contribution in [0.3, 0.4) is 0 Å². The molecule has 0 amide bonds. The lowest BCUT2D eigenvalue weighted by molar-refractivity contribution is -0.199. The van der Waals surface area contributed by atoms with Gasteiger partial charge in [-0.25, -0.2) is 9.59 Å². The summed E-state index contributed by atoms with van der Waals surface area (Å²) in [6.07, 6.45) is 3.52. The molecule has 1 fully saturated rings. The van der Waals surface area contributed by atoms with Crippen LogP contribution >= 0.6 is 11.6 Å². The van der Waals surface area contributed by atoms with Crippen molar-refractivity contribution in [1.82, 2.24) is 0 Å². The minimum Gasteiger partial charge on any atom is -0.478 e. The molecule has 0 aromatic heterocycles. The Kier molecular flexibility index (Phi) is 3.01. The van der Waals surface area contributed by atoms with Crippen LogP contribution in [-0.4, -0.2) is 40.2 Å². The Morgan fingerprint density at radius 1 is 1.57 bits per heavy atom. The summed E-state index contributed by atoms with van der Waals surface area (Å²) in [7, 11) is 0. The van der Waals surface area contributed by atoms with E-state index in [1.165, 1.54) is 0 Å². The summed E-state index contributed by atoms with van der Waals surface area (Å²) in [4.78, 5) is 23.7. The SMILES string of the molecule is CC1=CC23[C@H](C=C(C(=O)O)[C@@H]2COC(=O)[C@]3(O)CCl)C1C. The number of carboxylic acids is 1. The number of carbonyl (C=O) groups excluding carboxylic acids is 1. The summed E-state index contributed by atoms with van der Waals surface area (Å²) in [6.45, 7) is 3.86. The molecule has 1 aliphatic heterocycles. The number of allylic oxidation sites excluding steroid dienone is 2. The number of carboxylic acid groups (broad SMARTS) is 1. The summed E-state index contributed by atoms with van der Waals surface area (Å²) < 4.78 is 5.05. The van der Waals surface area contributed by atoms with Crippen LogP contribution in [-0.2, 0) is 14.3 Å². The summed E-state index contributed by atoms with van der Waals surface area (Å²) in [5.41, 5.74) is -1.68. The molecular formula is C15H17ClO5. The van der Waals surface area contributed by atoms with E-state index >= 15 is 0 Å². The van der Waals surface area contributed by atoms with Crippen LogP contribution in [0, 0.1) is 23.2 Å². The standard InChI is InChI=1S/C15H17ClO5/c1-7-4-14-10(8(7)2)3-9(12(17)18)11(14)5-21-13(19)15(14,20)6-16/h3-4,8,10-11,20H,5-6H2,1-2H3,(H,17,18)/t8?,10-,11+,14?,15-/m1/s1. The molecule has 0 aromatic rings. The molecule has 5 atom stereocenters. The van der Waals surface area contributed by atoms with Crippen molar-refractivity contribution >= 4 is 23.5 Å². The quantitative estimate of drug-likeness (QED) is 0.457. The van der Waals surface area contributed by atoms with Gasteiger partial charge < -0.3 is 14.9 Å². The van der Waals surface area contributed by atoms with Gasteiger partial charge >= 0.3 is 11.9 Å². The van der Waals surface area contributed by atoms with E-state index in [1.807, 2.05) is 19.9 Å². The van der Waals surface area contributed by atoms with Crippen molar-refractivity contribution in [2.75, 3.05) is 12.5 Å². The molecule has 0 radical (unpaired) electrons. The molecule has 1 heterocycles. The highest BCUT2D eigenvalue weighted by molar-refractivity contribution is 6.20. The van der Waals surface area contributed by atoms with Gasteiger partial charge in [0.05, 0.1) is 12.5 Å². The Morgan fingerprint density at radius 2 is 2.24 bits per heavy atom. The van der Waals surface area contributed by atoms with Crippen LogP contribution < -0.4 is 0 Å². The van der Waals surface area contributed by atoms with E-state index in [0.29, 0.717) is 0 Å². The smallest absolute Gasteiger partial charge is 0.340 e. The first-order valence-electron chi connectivity index (χ1n) is 6.89. The molecule has 0 saturated carbocycles. The Morgan fingerprint density at radius 3 is 2.81 bits per heavy atom. The van der Waals surface area contributed by atoms with Gasteiger partial charge in [-0.2, -0.15) is 0 Å². The molecule has 1 saturated heterocycles. The number of hydrogen-bond donors (Lipinski definition) is 2. The third-order valence-corrected chi connectivity index (χ3v) is 5.85. The lowest BCUT2D eigenvalue weighted by Crippen LogP contribution is -2.64. The second-order valence-electron chi connectivity index (χ2n) is 6.21. The summed E-state index contributed by atoms with van der Waals surface area (Å²) in [5.74, 6) is -2.91. The highest BCUT2D eigenvalue weighted by Gasteiger charge is 2.70. The topological polar surface area (TPSA) is 83.8 Å². The molecule has 21 heavy (non-hydrogen) atoms. The van der Waals surface area contributed by atoms with Crippen molar-refractivity contribution in [3.05, 3.63) is 23.3 Å². The molecule has 114 valence electrons. The van der Waals surface area contributed by atoms with Crippen molar-refractivity contribution < 1.29 is 24.5 Å². The van der Waals surface area contributed by atoms with Crippen molar-refractivity contribution in [2.45, 2.75) is 19.4 Å². The average molecular weight is 313 g/mol. The van der Waals surface area contributed by atoms with E-state index < -0.39 is 28.9 Å². The normalized spacial score (nSPS) is 44.6. The summed E-state index contributed by atoms with van der Waals surface area (Å²) in [6, 6.07) is 0. The lowest BCUT2D eigenvalue weighted by Gasteiger charge is -2.49. The Balaban J connectivity index is 2.23. The lowest BCUT2D eigenvalue weighted by atomic mass is 9.59. The fourth-order valence-electron chi connectivity index (χ4n) is 4.24. The van der Waals surface area contributed by atoms with Gasteiger partial charge in [0.1, 0.15) is 0 Å². The van der Waals surface area contributed by atoms with Crippen LogP contribution in [0.4, 0.5) is 0 Å². The predicted molar refractivity (Wildman–Crippen MR) is 74.7 cm³/mol. The van der Waals surface area contributed by atoms with Gasteiger partial charge in [0.15, 0.2) is 5.60 Å². The van der Waals surface area contributed by atoms with Gasteiger partial charge in [0.2, 0.25) is 0 Å². The van der Waals surface area contributed by atoms with Gasteiger partial charge in [0.25, 0.3) is 0 Å². The van der Waals surface area contributed by atoms with Crippen molar-refractivity contribution in [2.24, 2.45) is 23.2 Å². The van der Waals surface area contributed by atoms with Gasteiger partial charge in [-0.15, -0.1) is 11.6 Å². The monoisotopic (exact) mass is 312 g/mol. The zero-order valence-corrected chi connectivity index (χ0v) is 12.6. The zero-order chi connectivity index (χ0) is 15.6. The number of alkyl halides is 1. The van der Waals surface area contributed by atoms with E-state index in [4.69, 9.17) is 16.3 Å². The number of ether oxygens (including phenoxy) is 1. The number of halogens is 1. The molecule has 0 bridgehead atoms. The van der Waals surface area contributed by atoms with Crippen molar-refractivity contribution in [1.29, 1.82) is 0 Å². The number of rotatable bonds is 2. The maximum Gasteiger partial charge on any atom is 0.340 e. The van der Waals surface area contributed by atoms with Gasteiger partial charge in [0, 0.05) is 16.9 Å². The fraction of sp³-hybridized carbons (Fsp3) is 0.600. The maximum atomic E-state index is 12.2. The third-order valence-electron chi connectivity index (χ3n) is 5.46. The minimum atomic E-state index is -1.90. The highest BCUT2D eigenvalue weighted by Crippen LogP contribution is 2.64. The molecule has 2 unspecified atom stereocenters. The first-order chi connectivity index (χ1) is 9.79. The van der Waals surface area contributed by atoms with Gasteiger partial charge in [-0.05, 0) is 18.8 Å². The second-order valence-corrected chi connectivity index (χ2v) is 6.48. The maximum absolute atomic E-state index is 12.2. The second kappa shape index (κ2) is 4.34. The minimum absolute atomic E-state index is 0.0385. The zero-order valence-electron chi connectivity index (χ0n) is 11.8. The number of hydrogen-bond acceptors (Lipinski definition) is 4. The van der Waals surface area contributed by atoms with Crippen LogP contribution in [0.1, 0.15) is 13.8 Å². The van der Waals surface area contributed by atoms with Crippen LogP contribution in [0.2, 0.25) is 0 Å². The molecule has 0 aromatic carbocycles. The summed E-state index contributed by atoms with van der Waals surface area (Å²) in [5, 5.41) is 20.4. The number of aliphatic carboxylic acids is 1. The largest absolute Gasteiger partial charge is 0.478 e. The first-order valence-corrected chi connectivity index (χ1v) is 7.43. The first kappa shape index (κ1) is 14.6. The molecule has 3 rings (SSSR count). The summed E-state index contributed by atoms with van der Waals surface area (Å²) >= 11 is 5.92. The molecule has 3 aliphatic rings. The van der Waals surface area contributed by atoms with Crippen molar-refractivity contribution in [3.8, 4) is 0 Å². The average Bonchev–Trinajstić information content (AvgIpc) is 2.89. The molecule has 2 N–H and O–H groups in total. The molecule has 1 spiro atoms. The van der Waals surface area contributed by atoms with E-state index in [2.05, 4.69) is 0 Å². The number of cyclic esters (lactones) is 1. The van der Waals surface area contributed by atoms with Crippen LogP contribution in [0.15, 0.2) is 23.3 Å². The van der Waals surface area contributed by atoms with E-state index in [1.54, 1.807) is 6.08 Å². The Labute approximate surface area is 127 Å². The highest BCUT2D eigenvalue weighted by atomic mass is 35.5.